The Bertz CT molecular complexity index is 594. The number of Topliss-reactive ketones (excluding diaryl/α,β-unsaturated/α-hetero) is 1. The van der Waals surface area contributed by atoms with Gasteiger partial charge in [0.2, 0.25) is 0 Å². The van der Waals surface area contributed by atoms with Crippen molar-refractivity contribution in [2.24, 2.45) is 0 Å². The Hall–Kier alpha value is -1.03. The van der Waals surface area contributed by atoms with Crippen LogP contribution in [0.3, 0.4) is 0 Å². The summed E-state index contributed by atoms with van der Waals surface area (Å²) in [6, 6.07) is 11.2. The molecule has 2 aromatic carbocycles. The number of hydrogen-bond acceptors (Lipinski definition) is 2. The van der Waals surface area contributed by atoms with Gasteiger partial charge in [-0.1, -0.05) is 29.3 Å². The number of benzene rings is 2. The summed E-state index contributed by atoms with van der Waals surface area (Å²) < 4.78 is 12.8. The highest BCUT2D eigenvalue weighted by Gasteiger charge is 2.11. The van der Waals surface area contributed by atoms with E-state index < -0.39 is 0 Å². The molecule has 0 saturated carbocycles. The Kier molecular flexibility index (Phi) is 5.46. The van der Waals surface area contributed by atoms with Gasteiger partial charge in [0.25, 0.3) is 0 Å². The Morgan fingerprint density at radius 2 is 1.65 bits per heavy atom. The molecule has 0 radical (unpaired) electrons. The van der Waals surface area contributed by atoms with Crippen molar-refractivity contribution >= 4 is 40.7 Å². The molecule has 0 aliphatic carbocycles. The molecule has 0 N–H and O–H groups in total. The predicted octanol–water partition coefficient (Wildman–Crippen LogP) is 5.04. The average Bonchev–Trinajstić information content (AvgIpc) is 2.42. The molecule has 5 heteroatoms. The van der Waals surface area contributed by atoms with Crippen LogP contribution in [0.25, 0.3) is 0 Å². The largest absolute Gasteiger partial charge is 0.298 e. The van der Waals surface area contributed by atoms with Gasteiger partial charge >= 0.3 is 0 Å². The summed E-state index contributed by atoms with van der Waals surface area (Å²) in [5.41, 5.74) is 0.653. The van der Waals surface area contributed by atoms with Crippen molar-refractivity contribution in [2.75, 3.05) is 5.75 Å². The van der Waals surface area contributed by atoms with Gasteiger partial charge in [0.05, 0.1) is 5.75 Å². The highest BCUT2D eigenvalue weighted by atomic mass is 35.5. The molecule has 0 aromatic heterocycles. The second-order valence-electron chi connectivity index (χ2n) is 4.16. The minimum absolute atomic E-state index is 0.0225. The maximum Gasteiger partial charge on any atom is 0.147 e. The fourth-order valence-corrected chi connectivity index (χ4v) is 2.93. The summed E-state index contributed by atoms with van der Waals surface area (Å²) in [5.74, 6) is 0.0329. The number of ketones is 1. The van der Waals surface area contributed by atoms with Crippen molar-refractivity contribution in [2.45, 2.75) is 11.3 Å². The Morgan fingerprint density at radius 1 is 1.05 bits per heavy atom. The average molecular weight is 329 g/mol. The van der Waals surface area contributed by atoms with Gasteiger partial charge in [-0.2, -0.15) is 0 Å². The quantitative estimate of drug-likeness (QED) is 0.715. The molecule has 2 rings (SSSR count). The van der Waals surface area contributed by atoms with Crippen molar-refractivity contribution < 1.29 is 9.18 Å². The SMILES string of the molecule is O=C(CSc1ccc(F)cc1)Cc1c(Cl)cccc1Cl. The molecule has 104 valence electrons. The number of carbonyl (C=O) groups excluding carboxylic acids is 1. The summed E-state index contributed by atoms with van der Waals surface area (Å²) >= 11 is 13.4. The van der Waals surface area contributed by atoms with E-state index in [-0.39, 0.29) is 18.0 Å². The van der Waals surface area contributed by atoms with Crippen molar-refractivity contribution in [3.63, 3.8) is 0 Å². The first-order valence-electron chi connectivity index (χ1n) is 5.89. The first-order chi connectivity index (χ1) is 9.56. The van der Waals surface area contributed by atoms with Gasteiger partial charge in [-0.15, -0.1) is 11.8 Å². The monoisotopic (exact) mass is 328 g/mol. The third-order valence-electron chi connectivity index (χ3n) is 2.65. The molecular formula is C15H11Cl2FOS. The van der Waals surface area contributed by atoms with Crippen LogP contribution in [0.2, 0.25) is 10.0 Å². The minimum atomic E-state index is -0.288. The molecule has 1 nitrogen and oxygen atoms in total. The molecule has 0 bridgehead atoms. The zero-order valence-electron chi connectivity index (χ0n) is 10.4. The fraction of sp³-hybridized carbons (Fsp3) is 0.133. The van der Waals surface area contributed by atoms with Crippen molar-refractivity contribution in [3.05, 3.63) is 63.9 Å². The van der Waals surface area contributed by atoms with E-state index in [9.17, 15) is 9.18 Å². The van der Waals surface area contributed by atoms with E-state index in [1.165, 1.54) is 23.9 Å². The molecule has 20 heavy (non-hydrogen) atoms. The molecule has 0 atom stereocenters. The highest BCUT2D eigenvalue weighted by molar-refractivity contribution is 8.00. The topological polar surface area (TPSA) is 17.1 Å². The van der Waals surface area contributed by atoms with Crippen LogP contribution in [0.5, 0.6) is 0 Å². The van der Waals surface area contributed by atoms with E-state index in [4.69, 9.17) is 23.2 Å². The Labute approximate surface area is 131 Å². The van der Waals surface area contributed by atoms with Crippen LogP contribution in [0.1, 0.15) is 5.56 Å². The van der Waals surface area contributed by atoms with Crippen LogP contribution >= 0.6 is 35.0 Å². The summed E-state index contributed by atoms with van der Waals surface area (Å²) in [6.07, 6.45) is 0.201. The first kappa shape index (κ1) is 15.4. The van der Waals surface area contributed by atoms with E-state index in [0.29, 0.717) is 21.4 Å². The van der Waals surface area contributed by atoms with Gasteiger partial charge in [0.15, 0.2) is 0 Å². The van der Waals surface area contributed by atoms with Gasteiger partial charge in [0, 0.05) is 21.4 Å². The van der Waals surface area contributed by atoms with E-state index in [1.807, 2.05) is 0 Å². The Balaban J connectivity index is 1.94. The molecule has 0 fully saturated rings. The molecule has 0 unspecified atom stereocenters. The maximum absolute atomic E-state index is 12.8. The number of carbonyl (C=O) groups is 1. The molecule has 0 spiro atoms. The maximum atomic E-state index is 12.8. The van der Waals surface area contributed by atoms with E-state index in [2.05, 4.69) is 0 Å². The van der Waals surface area contributed by atoms with Gasteiger partial charge in [-0.05, 0) is 42.0 Å². The van der Waals surface area contributed by atoms with Gasteiger partial charge in [0.1, 0.15) is 11.6 Å². The standard InChI is InChI=1S/C15H11Cl2FOS/c16-14-2-1-3-15(17)13(14)8-11(19)9-20-12-6-4-10(18)5-7-12/h1-7H,8-9H2. The van der Waals surface area contributed by atoms with Gasteiger partial charge in [-0.3, -0.25) is 4.79 Å². The number of halogens is 3. The second kappa shape index (κ2) is 7.11. The van der Waals surface area contributed by atoms with E-state index >= 15 is 0 Å². The third kappa shape index (κ3) is 4.23. The van der Waals surface area contributed by atoms with Crippen LogP contribution in [-0.4, -0.2) is 11.5 Å². The normalized spacial score (nSPS) is 10.6. The number of hydrogen-bond donors (Lipinski definition) is 0. The lowest BCUT2D eigenvalue weighted by atomic mass is 10.1. The second-order valence-corrected chi connectivity index (χ2v) is 6.02. The predicted molar refractivity (Wildman–Crippen MR) is 82.3 cm³/mol. The summed E-state index contributed by atoms with van der Waals surface area (Å²) in [4.78, 5) is 12.8. The van der Waals surface area contributed by atoms with E-state index in [1.54, 1.807) is 30.3 Å². The zero-order chi connectivity index (χ0) is 14.5. The molecule has 0 aliphatic heterocycles. The van der Waals surface area contributed by atoms with Crippen LogP contribution < -0.4 is 0 Å². The van der Waals surface area contributed by atoms with Crippen molar-refractivity contribution in [1.29, 1.82) is 0 Å². The Morgan fingerprint density at radius 3 is 2.25 bits per heavy atom. The van der Waals surface area contributed by atoms with Crippen LogP contribution in [0.15, 0.2) is 47.4 Å². The zero-order valence-corrected chi connectivity index (χ0v) is 12.7. The molecule has 0 amide bonds. The van der Waals surface area contributed by atoms with Gasteiger partial charge < -0.3 is 0 Å². The molecule has 0 aliphatic rings. The van der Waals surface area contributed by atoms with Gasteiger partial charge in [-0.25, -0.2) is 4.39 Å². The summed E-state index contributed by atoms with van der Waals surface area (Å²) in [5, 5.41) is 0.996. The van der Waals surface area contributed by atoms with E-state index in [0.717, 1.165) is 4.90 Å². The summed E-state index contributed by atoms with van der Waals surface area (Å²) in [7, 11) is 0. The lowest BCUT2D eigenvalue weighted by Gasteiger charge is -2.06. The van der Waals surface area contributed by atoms with Crippen molar-refractivity contribution in [1.82, 2.24) is 0 Å². The number of rotatable bonds is 5. The fourth-order valence-electron chi connectivity index (χ4n) is 1.64. The first-order valence-corrected chi connectivity index (χ1v) is 7.63. The van der Waals surface area contributed by atoms with Crippen LogP contribution in [0, 0.1) is 5.82 Å². The highest BCUT2D eigenvalue weighted by Crippen LogP contribution is 2.26. The smallest absolute Gasteiger partial charge is 0.147 e. The molecule has 0 saturated heterocycles. The van der Waals surface area contributed by atoms with Crippen LogP contribution in [0.4, 0.5) is 4.39 Å². The minimum Gasteiger partial charge on any atom is -0.298 e. The molecular weight excluding hydrogens is 318 g/mol. The summed E-state index contributed by atoms with van der Waals surface area (Å²) in [6.45, 7) is 0. The van der Waals surface area contributed by atoms with Crippen molar-refractivity contribution in [3.8, 4) is 0 Å². The number of thioether (sulfide) groups is 1. The third-order valence-corrected chi connectivity index (χ3v) is 4.43. The van der Waals surface area contributed by atoms with Crippen LogP contribution in [-0.2, 0) is 11.2 Å². The molecule has 0 heterocycles. The lowest BCUT2D eigenvalue weighted by molar-refractivity contribution is -0.116. The molecule has 2 aromatic rings. The lowest BCUT2D eigenvalue weighted by Crippen LogP contribution is -2.06.